The lowest BCUT2D eigenvalue weighted by Gasteiger charge is -2.31. The molecular formula is C21H27N3O2. The second-order valence-electron chi connectivity index (χ2n) is 6.53. The molecule has 3 aromatic rings. The number of rotatable bonds is 8. The number of aromatic amines is 1. The number of hydrogen-bond acceptors (Lipinski definition) is 3. The van der Waals surface area contributed by atoms with Crippen LogP contribution in [0.5, 0.6) is 11.5 Å². The lowest BCUT2D eigenvalue weighted by Crippen LogP contribution is -2.29. The monoisotopic (exact) mass is 353 g/mol. The Hall–Kier alpha value is -2.66. The zero-order chi connectivity index (χ0) is 18.5. The Morgan fingerprint density at radius 3 is 2.35 bits per heavy atom. The molecular weight excluding hydrogens is 326 g/mol. The van der Waals surface area contributed by atoms with Crippen molar-refractivity contribution in [1.82, 2.24) is 14.7 Å². The highest BCUT2D eigenvalue weighted by Crippen LogP contribution is 2.39. The molecule has 26 heavy (non-hydrogen) atoms. The van der Waals surface area contributed by atoms with E-state index in [9.17, 15) is 0 Å². The summed E-state index contributed by atoms with van der Waals surface area (Å²) in [5, 5.41) is 3.31. The van der Waals surface area contributed by atoms with E-state index in [4.69, 9.17) is 9.47 Å². The summed E-state index contributed by atoms with van der Waals surface area (Å²) in [5.41, 5.74) is 3.65. The number of aryl methyl sites for hydroxylation is 2. The summed E-state index contributed by atoms with van der Waals surface area (Å²) < 4.78 is 13.3. The number of nitrogens with zero attached hydrogens (tertiary/aromatic N) is 2. The van der Waals surface area contributed by atoms with Crippen molar-refractivity contribution in [1.29, 1.82) is 0 Å². The van der Waals surface area contributed by atoms with Crippen LogP contribution in [-0.4, -0.2) is 43.0 Å². The molecule has 5 heteroatoms. The van der Waals surface area contributed by atoms with Crippen molar-refractivity contribution >= 4 is 0 Å². The molecule has 0 aliphatic carbocycles. The maximum absolute atomic E-state index is 5.66. The fraction of sp³-hybridized carbons (Fsp3) is 0.333. The van der Waals surface area contributed by atoms with E-state index in [1.54, 1.807) is 14.2 Å². The van der Waals surface area contributed by atoms with Gasteiger partial charge in [0.1, 0.15) is 0 Å². The van der Waals surface area contributed by atoms with E-state index in [1.165, 1.54) is 11.3 Å². The highest BCUT2D eigenvalue weighted by molar-refractivity contribution is 5.50. The molecule has 0 radical (unpaired) electrons. The number of benzene rings is 2. The van der Waals surface area contributed by atoms with Crippen LogP contribution in [0.2, 0.25) is 0 Å². The van der Waals surface area contributed by atoms with E-state index in [2.05, 4.69) is 65.3 Å². The molecule has 1 unspecified atom stereocenters. The molecule has 0 saturated carbocycles. The second-order valence-corrected chi connectivity index (χ2v) is 6.53. The summed E-state index contributed by atoms with van der Waals surface area (Å²) >= 11 is 0. The Morgan fingerprint density at radius 1 is 1.00 bits per heavy atom. The van der Waals surface area contributed by atoms with Crippen LogP contribution >= 0.6 is 0 Å². The smallest absolute Gasteiger partial charge is 0.165 e. The molecule has 5 nitrogen and oxygen atoms in total. The van der Waals surface area contributed by atoms with Crippen molar-refractivity contribution in [2.24, 2.45) is 0 Å². The molecule has 0 saturated heterocycles. The average molecular weight is 353 g/mol. The van der Waals surface area contributed by atoms with Crippen LogP contribution in [0.15, 0.2) is 54.7 Å². The van der Waals surface area contributed by atoms with Crippen LogP contribution < -0.4 is 9.47 Å². The van der Waals surface area contributed by atoms with Crippen molar-refractivity contribution in [2.45, 2.75) is 19.0 Å². The maximum Gasteiger partial charge on any atom is 0.165 e. The summed E-state index contributed by atoms with van der Waals surface area (Å²) in [7, 11) is 7.52. The molecule has 2 aromatic carbocycles. The van der Waals surface area contributed by atoms with Crippen molar-refractivity contribution in [3.63, 3.8) is 0 Å². The van der Waals surface area contributed by atoms with E-state index >= 15 is 0 Å². The number of nitrogens with one attached hydrogen (secondary N) is 1. The predicted molar refractivity (Wildman–Crippen MR) is 104 cm³/mol. The normalized spacial score (nSPS) is 12.3. The van der Waals surface area contributed by atoms with Gasteiger partial charge in [0, 0.05) is 18.3 Å². The molecule has 0 spiro atoms. The molecule has 0 aliphatic rings. The first-order valence-electron chi connectivity index (χ1n) is 8.80. The van der Waals surface area contributed by atoms with Gasteiger partial charge >= 0.3 is 0 Å². The van der Waals surface area contributed by atoms with Crippen LogP contribution in [0.4, 0.5) is 0 Å². The van der Waals surface area contributed by atoms with Crippen molar-refractivity contribution in [2.75, 3.05) is 28.3 Å². The zero-order valence-corrected chi connectivity index (χ0v) is 15.9. The number of ether oxygens (including phenoxy) is 2. The summed E-state index contributed by atoms with van der Waals surface area (Å²) in [6, 6.07) is 16.7. The minimum Gasteiger partial charge on any atom is -0.493 e. The first-order valence-corrected chi connectivity index (χ1v) is 8.80. The Kier molecular flexibility index (Phi) is 5.68. The van der Waals surface area contributed by atoms with Gasteiger partial charge in [0.15, 0.2) is 11.5 Å². The van der Waals surface area contributed by atoms with Gasteiger partial charge in [-0.3, -0.25) is 9.58 Å². The SMILES string of the molecule is COc1cccc(C(c2c[nH]n2CCc2ccccc2)N(C)C)c1OC. The minimum absolute atomic E-state index is 0.0806. The topological polar surface area (TPSA) is 42.4 Å². The van der Waals surface area contributed by atoms with Gasteiger partial charge in [-0.15, -0.1) is 0 Å². The first kappa shape index (κ1) is 18.1. The molecule has 1 N–H and O–H groups in total. The molecule has 1 atom stereocenters. The van der Waals surface area contributed by atoms with Crippen LogP contribution in [0.3, 0.4) is 0 Å². The van der Waals surface area contributed by atoms with Gasteiger partial charge < -0.3 is 14.6 Å². The van der Waals surface area contributed by atoms with E-state index < -0.39 is 0 Å². The number of methoxy groups -OCH3 is 2. The van der Waals surface area contributed by atoms with Gasteiger partial charge in [-0.25, -0.2) is 0 Å². The van der Waals surface area contributed by atoms with Gasteiger partial charge in [0.2, 0.25) is 0 Å². The van der Waals surface area contributed by atoms with Gasteiger partial charge in [-0.1, -0.05) is 42.5 Å². The third kappa shape index (κ3) is 3.63. The number of H-pyrrole nitrogens is 1. The first-order chi connectivity index (χ1) is 12.7. The van der Waals surface area contributed by atoms with Crippen LogP contribution in [0.25, 0.3) is 0 Å². The van der Waals surface area contributed by atoms with E-state index in [0.29, 0.717) is 0 Å². The van der Waals surface area contributed by atoms with Crippen molar-refractivity contribution in [3.05, 3.63) is 71.5 Å². The predicted octanol–water partition coefficient (Wildman–Crippen LogP) is 3.73. The maximum atomic E-state index is 5.66. The number of para-hydroxylation sites is 1. The standard InChI is InChI=1S/C21H27N3O2/c1-23(2)20(17-11-8-12-19(25-3)21(17)26-4)18-15-22-24(18)14-13-16-9-6-5-7-10-16/h5-12,15,20,22H,13-14H2,1-4H3. The third-order valence-corrected chi connectivity index (χ3v) is 4.67. The Balaban J connectivity index is 1.87. The summed E-state index contributed by atoms with van der Waals surface area (Å²) in [5.74, 6) is 1.53. The lowest BCUT2D eigenvalue weighted by molar-refractivity contribution is 0.292. The lowest BCUT2D eigenvalue weighted by atomic mass is 10.0. The highest BCUT2D eigenvalue weighted by atomic mass is 16.5. The van der Waals surface area contributed by atoms with E-state index in [-0.39, 0.29) is 6.04 Å². The summed E-state index contributed by atoms with van der Waals surface area (Å²) in [6.07, 6.45) is 3.05. The van der Waals surface area contributed by atoms with Gasteiger partial charge in [-0.2, -0.15) is 0 Å². The third-order valence-electron chi connectivity index (χ3n) is 4.67. The minimum atomic E-state index is 0.0806. The second kappa shape index (κ2) is 8.15. The molecule has 0 aliphatic heterocycles. The molecule has 1 heterocycles. The average Bonchev–Trinajstić information content (AvgIpc) is 2.65. The zero-order valence-electron chi connectivity index (χ0n) is 15.9. The highest BCUT2D eigenvalue weighted by Gasteiger charge is 2.26. The van der Waals surface area contributed by atoms with Crippen molar-refractivity contribution in [3.8, 4) is 11.5 Å². The Bertz CT molecular complexity index is 821. The Morgan fingerprint density at radius 2 is 1.77 bits per heavy atom. The fourth-order valence-electron chi connectivity index (χ4n) is 3.37. The van der Waals surface area contributed by atoms with Crippen LogP contribution in [-0.2, 0) is 13.0 Å². The number of hydrogen-bond donors (Lipinski definition) is 1. The van der Waals surface area contributed by atoms with Crippen LogP contribution in [0, 0.1) is 0 Å². The van der Waals surface area contributed by atoms with Crippen LogP contribution in [0.1, 0.15) is 22.9 Å². The van der Waals surface area contributed by atoms with Crippen molar-refractivity contribution < 1.29 is 9.47 Å². The Labute approximate surface area is 155 Å². The van der Waals surface area contributed by atoms with Gasteiger partial charge in [-0.05, 0) is 32.1 Å². The van der Waals surface area contributed by atoms with Gasteiger partial charge in [0.25, 0.3) is 0 Å². The summed E-state index contributed by atoms with van der Waals surface area (Å²) in [4.78, 5) is 2.19. The fourth-order valence-corrected chi connectivity index (χ4v) is 3.37. The molecule has 0 fully saturated rings. The largest absolute Gasteiger partial charge is 0.493 e. The quantitative estimate of drug-likeness (QED) is 0.671. The number of aromatic nitrogens is 2. The van der Waals surface area contributed by atoms with Gasteiger partial charge in [0.05, 0.1) is 26.0 Å². The molecule has 0 bridgehead atoms. The molecule has 0 amide bonds. The molecule has 138 valence electrons. The molecule has 3 rings (SSSR count). The summed E-state index contributed by atoms with van der Waals surface area (Å²) in [6.45, 7) is 0.909. The van der Waals surface area contributed by atoms with E-state index in [1.807, 2.05) is 18.2 Å². The molecule has 1 aromatic heterocycles. The van der Waals surface area contributed by atoms with E-state index in [0.717, 1.165) is 30.0 Å².